The van der Waals surface area contributed by atoms with Crippen LogP contribution in [0.15, 0.2) is 30.3 Å². The van der Waals surface area contributed by atoms with Gasteiger partial charge in [0.05, 0.1) is 16.3 Å². The van der Waals surface area contributed by atoms with Crippen molar-refractivity contribution in [1.29, 1.82) is 0 Å². The number of likely N-dealkylation sites (tertiary alicyclic amines) is 1. The molecule has 0 saturated carbocycles. The molecule has 2 aromatic heterocycles. The Morgan fingerprint density at radius 1 is 1.24 bits per heavy atom. The fraction of sp³-hybridized carbons (Fsp3) is 0.400. The molecule has 25 heavy (non-hydrogen) atoms. The van der Waals surface area contributed by atoms with Crippen molar-refractivity contribution in [1.82, 2.24) is 14.7 Å². The van der Waals surface area contributed by atoms with Gasteiger partial charge in [-0.25, -0.2) is 4.68 Å². The second-order valence-corrected chi connectivity index (χ2v) is 8.04. The van der Waals surface area contributed by atoms with Crippen LogP contribution < -0.4 is 0 Å². The first-order chi connectivity index (χ1) is 12.0. The molecule has 130 valence electrons. The van der Waals surface area contributed by atoms with Gasteiger partial charge in [0.15, 0.2) is 0 Å². The van der Waals surface area contributed by atoms with E-state index in [-0.39, 0.29) is 5.91 Å². The number of amides is 1. The Morgan fingerprint density at radius 3 is 2.84 bits per heavy atom. The molecule has 0 bridgehead atoms. The maximum atomic E-state index is 13.0. The summed E-state index contributed by atoms with van der Waals surface area (Å²) in [7, 11) is 0. The molecule has 3 heterocycles. The van der Waals surface area contributed by atoms with Crippen molar-refractivity contribution in [3.8, 4) is 5.69 Å². The quantitative estimate of drug-likeness (QED) is 0.669. The van der Waals surface area contributed by atoms with E-state index in [9.17, 15) is 4.79 Å². The van der Waals surface area contributed by atoms with Crippen LogP contribution in [-0.2, 0) is 0 Å². The minimum absolute atomic E-state index is 0.170. The predicted octanol–water partition coefficient (Wildman–Crippen LogP) is 4.72. The topological polar surface area (TPSA) is 38.1 Å². The van der Waals surface area contributed by atoms with Gasteiger partial charge in [-0.2, -0.15) is 5.10 Å². The van der Waals surface area contributed by atoms with E-state index in [2.05, 4.69) is 32.0 Å². The van der Waals surface area contributed by atoms with E-state index in [0.717, 1.165) is 45.9 Å². The molecule has 0 radical (unpaired) electrons. The molecule has 1 aliphatic rings. The highest BCUT2D eigenvalue weighted by atomic mass is 32.1. The third kappa shape index (κ3) is 2.86. The van der Waals surface area contributed by atoms with Crippen molar-refractivity contribution in [3.63, 3.8) is 0 Å². The van der Waals surface area contributed by atoms with Gasteiger partial charge in [0.25, 0.3) is 5.91 Å². The molecular weight excluding hydrogens is 330 g/mol. The molecule has 0 aliphatic carbocycles. The van der Waals surface area contributed by atoms with Gasteiger partial charge >= 0.3 is 0 Å². The number of benzene rings is 1. The number of fused-ring (bicyclic) bond motifs is 1. The first-order valence-corrected chi connectivity index (χ1v) is 9.73. The van der Waals surface area contributed by atoms with Gasteiger partial charge in [-0.3, -0.25) is 4.79 Å². The number of carbonyl (C=O) groups excluding carboxylic acids is 1. The maximum Gasteiger partial charge on any atom is 0.264 e. The van der Waals surface area contributed by atoms with E-state index >= 15 is 0 Å². The summed E-state index contributed by atoms with van der Waals surface area (Å²) in [5.41, 5.74) is 3.22. The number of hydrogen-bond acceptors (Lipinski definition) is 3. The first-order valence-electron chi connectivity index (χ1n) is 8.92. The molecule has 5 heteroatoms. The number of aryl methyl sites for hydroxylation is 2. The summed E-state index contributed by atoms with van der Waals surface area (Å²) in [6.45, 7) is 7.12. The van der Waals surface area contributed by atoms with Crippen molar-refractivity contribution < 1.29 is 4.79 Å². The Balaban J connectivity index is 1.75. The summed E-state index contributed by atoms with van der Waals surface area (Å²) in [4.78, 5) is 16.9. The molecule has 1 unspecified atom stereocenters. The van der Waals surface area contributed by atoms with E-state index in [0.29, 0.717) is 6.04 Å². The monoisotopic (exact) mass is 353 g/mol. The Kier molecular flexibility index (Phi) is 4.12. The number of piperidine rings is 1. The van der Waals surface area contributed by atoms with Gasteiger partial charge in [-0.15, -0.1) is 11.3 Å². The van der Waals surface area contributed by atoms with E-state index in [1.54, 1.807) is 11.3 Å². The highest BCUT2D eigenvalue weighted by Crippen LogP contribution is 2.32. The lowest BCUT2D eigenvalue weighted by Gasteiger charge is -2.33. The van der Waals surface area contributed by atoms with E-state index in [1.165, 1.54) is 12.0 Å². The molecule has 1 fully saturated rings. The molecule has 0 N–H and O–H groups in total. The zero-order valence-electron chi connectivity index (χ0n) is 15.0. The molecule has 1 amide bonds. The van der Waals surface area contributed by atoms with Crippen molar-refractivity contribution in [3.05, 3.63) is 46.5 Å². The van der Waals surface area contributed by atoms with Gasteiger partial charge < -0.3 is 4.90 Å². The predicted molar refractivity (Wildman–Crippen MR) is 103 cm³/mol. The van der Waals surface area contributed by atoms with Crippen LogP contribution in [0.5, 0.6) is 0 Å². The Hall–Kier alpha value is -2.14. The minimum Gasteiger partial charge on any atom is -0.335 e. The minimum atomic E-state index is 0.170. The summed E-state index contributed by atoms with van der Waals surface area (Å²) in [6, 6.07) is 10.7. The molecule has 4 rings (SSSR count). The second kappa shape index (κ2) is 6.30. The summed E-state index contributed by atoms with van der Waals surface area (Å²) < 4.78 is 1.97. The van der Waals surface area contributed by atoms with Crippen LogP contribution in [-0.4, -0.2) is 33.2 Å². The number of thiophene rings is 1. The smallest absolute Gasteiger partial charge is 0.264 e. The van der Waals surface area contributed by atoms with Crippen LogP contribution in [0.1, 0.15) is 47.1 Å². The van der Waals surface area contributed by atoms with E-state index in [4.69, 9.17) is 5.10 Å². The normalized spacial score (nSPS) is 18.0. The van der Waals surface area contributed by atoms with Crippen molar-refractivity contribution in [2.75, 3.05) is 6.54 Å². The van der Waals surface area contributed by atoms with Gasteiger partial charge in [-0.1, -0.05) is 12.1 Å². The number of rotatable bonds is 2. The molecule has 3 aromatic rings. The highest BCUT2D eigenvalue weighted by molar-refractivity contribution is 7.20. The Labute approximate surface area is 152 Å². The lowest BCUT2D eigenvalue weighted by Crippen LogP contribution is -2.41. The third-order valence-electron chi connectivity index (χ3n) is 5.07. The first kappa shape index (κ1) is 16.3. The summed E-state index contributed by atoms with van der Waals surface area (Å²) in [5, 5.41) is 5.77. The average Bonchev–Trinajstić information content (AvgIpc) is 3.16. The second-order valence-electron chi connectivity index (χ2n) is 7.01. The van der Waals surface area contributed by atoms with Crippen LogP contribution in [0.25, 0.3) is 15.9 Å². The zero-order valence-corrected chi connectivity index (χ0v) is 15.8. The number of aromatic nitrogens is 2. The number of carbonyl (C=O) groups is 1. The average molecular weight is 353 g/mol. The molecule has 1 atom stereocenters. The Morgan fingerprint density at radius 2 is 2.08 bits per heavy atom. The van der Waals surface area contributed by atoms with Crippen LogP contribution in [0.2, 0.25) is 0 Å². The molecule has 4 nitrogen and oxygen atoms in total. The van der Waals surface area contributed by atoms with Crippen LogP contribution in [0, 0.1) is 13.8 Å². The third-order valence-corrected chi connectivity index (χ3v) is 6.16. The fourth-order valence-electron chi connectivity index (χ4n) is 3.63. The van der Waals surface area contributed by atoms with Gasteiger partial charge in [0, 0.05) is 18.0 Å². The van der Waals surface area contributed by atoms with Gasteiger partial charge in [0.2, 0.25) is 0 Å². The molecule has 1 aromatic carbocycles. The molecule has 0 spiro atoms. The standard InChI is InChI=1S/C20H23N3OS/c1-13-7-6-9-16(11-13)23-20-17(15(3)21-23)12-18(25-20)19(24)22-10-5-4-8-14(22)2/h6-7,9,11-12,14H,4-5,8,10H2,1-3H3. The number of nitrogens with zero attached hydrogens (tertiary/aromatic N) is 3. The van der Waals surface area contributed by atoms with Crippen LogP contribution >= 0.6 is 11.3 Å². The van der Waals surface area contributed by atoms with Crippen molar-refractivity contribution in [2.24, 2.45) is 0 Å². The summed E-state index contributed by atoms with van der Waals surface area (Å²) >= 11 is 1.56. The fourth-order valence-corrected chi connectivity index (χ4v) is 4.77. The SMILES string of the molecule is Cc1cccc(-n2nc(C)c3cc(C(=O)N4CCCCC4C)sc32)c1. The molecule has 1 saturated heterocycles. The number of hydrogen-bond donors (Lipinski definition) is 0. The van der Waals surface area contributed by atoms with Crippen molar-refractivity contribution >= 4 is 27.5 Å². The molecule has 1 aliphatic heterocycles. The van der Waals surface area contributed by atoms with Gasteiger partial charge in [-0.05, 0) is 63.8 Å². The van der Waals surface area contributed by atoms with Crippen LogP contribution in [0.3, 0.4) is 0 Å². The van der Waals surface area contributed by atoms with Gasteiger partial charge in [0.1, 0.15) is 4.83 Å². The summed E-state index contributed by atoms with van der Waals surface area (Å²) in [5.74, 6) is 0.170. The lowest BCUT2D eigenvalue weighted by molar-refractivity contribution is 0.0641. The Bertz CT molecular complexity index is 940. The lowest BCUT2D eigenvalue weighted by atomic mass is 10.0. The van der Waals surface area contributed by atoms with E-state index in [1.807, 2.05) is 28.6 Å². The zero-order chi connectivity index (χ0) is 17.6. The van der Waals surface area contributed by atoms with E-state index < -0.39 is 0 Å². The highest BCUT2D eigenvalue weighted by Gasteiger charge is 2.26. The largest absolute Gasteiger partial charge is 0.335 e. The molecular formula is C20H23N3OS. The van der Waals surface area contributed by atoms with Crippen LogP contribution in [0.4, 0.5) is 0 Å². The maximum absolute atomic E-state index is 13.0. The van der Waals surface area contributed by atoms with Crippen molar-refractivity contribution in [2.45, 2.75) is 46.1 Å². The summed E-state index contributed by atoms with van der Waals surface area (Å²) in [6.07, 6.45) is 3.43.